The lowest BCUT2D eigenvalue weighted by Crippen LogP contribution is -2.37. The van der Waals surface area contributed by atoms with E-state index in [0.29, 0.717) is 22.1 Å². The summed E-state index contributed by atoms with van der Waals surface area (Å²) >= 11 is 0. The first-order valence-corrected chi connectivity index (χ1v) is 8.16. The lowest BCUT2D eigenvalue weighted by atomic mass is 10.0. The minimum Gasteiger partial charge on any atom is -0.387 e. The minimum absolute atomic E-state index is 0.106. The lowest BCUT2D eigenvalue weighted by molar-refractivity contribution is -0.111. The molecule has 0 bridgehead atoms. The van der Waals surface area contributed by atoms with Crippen molar-refractivity contribution >= 4 is 22.1 Å². The molecule has 2 heterocycles. The smallest absolute Gasteiger partial charge is 0.140 e. The Labute approximate surface area is 147 Å². The second-order valence-corrected chi connectivity index (χ2v) is 6.15. The average molecular weight is 354 g/mol. The molecule has 6 N–H and O–H groups in total. The first-order chi connectivity index (χ1) is 12.5. The molecular formula is C18H18N4O4. The molecule has 26 heavy (non-hydrogen) atoms. The number of nitrogens with zero attached hydrogens (tertiary/aromatic N) is 2. The molecule has 4 aromatic rings. The van der Waals surface area contributed by atoms with Crippen molar-refractivity contribution in [2.75, 3.05) is 0 Å². The van der Waals surface area contributed by atoms with E-state index in [1.54, 1.807) is 36.4 Å². The summed E-state index contributed by atoms with van der Waals surface area (Å²) in [5.74, 6) is 0.212. The molecule has 2 aromatic heterocycles. The largest absolute Gasteiger partial charge is 0.387 e. The standard InChI is InChI=1S/C18H18N4O4/c23-13(15(25)17-19-9-5-1-2-6-10(9)20-17)14(24)16(26)18-21-11-7-3-4-8-12(11)22-18/h1-8,13-16,23-26H,(H,19,20)(H,21,22)/t13-,14-,15+,16+/m1/s1. The Kier molecular flexibility index (Phi) is 4.17. The SMILES string of the molecule is O[C@H]([C@@H](O)[C@H](O)c1nc2ccccc2[nH]1)[C@H](O)c1nc2ccccc2[nH]1. The summed E-state index contributed by atoms with van der Waals surface area (Å²) in [5, 5.41) is 41.3. The van der Waals surface area contributed by atoms with Gasteiger partial charge in [0.25, 0.3) is 0 Å². The molecule has 134 valence electrons. The molecule has 0 spiro atoms. The third kappa shape index (κ3) is 2.85. The maximum atomic E-state index is 10.4. The average Bonchev–Trinajstić information content (AvgIpc) is 3.29. The molecule has 0 fully saturated rings. The summed E-state index contributed by atoms with van der Waals surface area (Å²) in [7, 11) is 0. The number of para-hydroxylation sites is 4. The van der Waals surface area contributed by atoms with E-state index in [-0.39, 0.29) is 11.6 Å². The molecule has 0 aliphatic heterocycles. The molecule has 0 saturated carbocycles. The molecule has 0 radical (unpaired) electrons. The normalized spacial score (nSPS) is 16.6. The van der Waals surface area contributed by atoms with Gasteiger partial charge < -0.3 is 30.4 Å². The van der Waals surface area contributed by atoms with Gasteiger partial charge in [-0.15, -0.1) is 0 Å². The molecule has 0 aliphatic rings. The van der Waals surface area contributed by atoms with Crippen molar-refractivity contribution in [3.05, 3.63) is 60.2 Å². The van der Waals surface area contributed by atoms with E-state index in [9.17, 15) is 20.4 Å². The van der Waals surface area contributed by atoms with Crippen LogP contribution in [-0.2, 0) is 0 Å². The van der Waals surface area contributed by atoms with Crippen molar-refractivity contribution in [2.45, 2.75) is 24.4 Å². The summed E-state index contributed by atoms with van der Waals surface area (Å²) in [4.78, 5) is 14.2. The maximum Gasteiger partial charge on any atom is 0.140 e. The molecule has 0 saturated heterocycles. The summed E-state index contributed by atoms with van der Waals surface area (Å²) in [6.07, 6.45) is -6.34. The van der Waals surface area contributed by atoms with Crippen molar-refractivity contribution in [1.29, 1.82) is 0 Å². The number of aromatic amines is 2. The highest BCUT2D eigenvalue weighted by atomic mass is 16.4. The first-order valence-electron chi connectivity index (χ1n) is 8.16. The van der Waals surface area contributed by atoms with Gasteiger partial charge in [-0.25, -0.2) is 9.97 Å². The molecule has 0 amide bonds. The van der Waals surface area contributed by atoms with Crippen LogP contribution in [0.25, 0.3) is 22.1 Å². The molecule has 2 aromatic carbocycles. The van der Waals surface area contributed by atoms with Gasteiger partial charge in [-0.3, -0.25) is 0 Å². The van der Waals surface area contributed by atoms with Gasteiger partial charge in [0.2, 0.25) is 0 Å². The molecule has 0 aliphatic carbocycles. The Hall–Kier alpha value is -2.78. The maximum absolute atomic E-state index is 10.4. The molecule has 4 atom stereocenters. The van der Waals surface area contributed by atoms with Gasteiger partial charge in [0.1, 0.15) is 36.1 Å². The van der Waals surface area contributed by atoms with E-state index < -0.39 is 24.4 Å². The van der Waals surface area contributed by atoms with E-state index >= 15 is 0 Å². The van der Waals surface area contributed by atoms with Crippen molar-refractivity contribution < 1.29 is 20.4 Å². The number of aromatic nitrogens is 4. The molecular weight excluding hydrogens is 336 g/mol. The number of nitrogens with one attached hydrogen (secondary N) is 2. The Balaban J connectivity index is 1.56. The number of hydrogen-bond acceptors (Lipinski definition) is 6. The molecule has 0 unspecified atom stereocenters. The highest BCUT2D eigenvalue weighted by molar-refractivity contribution is 5.75. The predicted molar refractivity (Wildman–Crippen MR) is 94.1 cm³/mol. The molecule has 8 heteroatoms. The summed E-state index contributed by atoms with van der Waals surface area (Å²) in [6.45, 7) is 0. The third-order valence-electron chi connectivity index (χ3n) is 4.37. The van der Waals surface area contributed by atoms with Crippen LogP contribution in [0.2, 0.25) is 0 Å². The van der Waals surface area contributed by atoms with Gasteiger partial charge in [0, 0.05) is 0 Å². The highest BCUT2D eigenvalue weighted by Gasteiger charge is 2.35. The van der Waals surface area contributed by atoms with Gasteiger partial charge in [-0.2, -0.15) is 0 Å². The molecule has 4 rings (SSSR count). The Morgan fingerprint density at radius 3 is 1.38 bits per heavy atom. The van der Waals surface area contributed by atoms with Crippen molar-refractivity contribution in [3.8, 4) is 0 Å². The van der Waals surface area contributed by atoms with Crippen molar-refractivity contribution in [3.63, 3.8) is 0 Å². The van der Waals surface area contributed by atoms with E-state index in [2.05, 4.69) is 19.9 Å². The third-order valence-corrected chi connectivity index (χ3v) is 4.37. The summed E-state index contributed by atoms with van der Waals surface area (Å²) in [6, 6.07) is 14.3. The zero-order chi connectivity index (χ0) is 18.3. The monoisotopic (exact) mass is 354 g/mol. The van der Waals surface area contributed by atoms with Crippen molar-refractivity contribution in [1.82, 2.24) is 19.9 Å². The number of fused-ring (bicyclic) bond motifs is 2. The highest BCUT2D eigenvalue weighted by Crippen LogP contribution is 2.26. The van der Waals surface area contributed by atoms with Crippen LogP contribution >= 0.6 is 0 Å². The van der Waals surface area contributed by atoms with Gasteiger partial charge in [-0.1, -0.05) is 24.3 Å². The van der Waals surface area contributed by atoms with Gasteiger partial charge in [0.05, 0.1) is 22.1 Å². The van der Waals surface area contributed by atoms with Crippen LogP contribution in [0, 0.1) is 0 Å². The lowest BCUT2D eigenvalue weighted by Gasteiger charge is -2.24. The van der Waals surface area contributed by atoms with E-state index in [4.69, 9.17) is 0 Å². The zero-order valence-electron chi connectivity index (χ0n) is 13.6. The fraction of sp³-hybridized carbons (Fsp3) is 0.222. The number of hydrogen-bond donors (Lipinski definition) is 6. The van der Waals surface area contributed by atoms with Crippen LogP contribution in [0.5, 0.6) is 0 Å². The second-order valence-electron chi connectivity index (χ2n) is 6.15. The van der Waals surface area contributed by atoms with Crippen LogP contribution in [0.4, 0.5) is 0 Å². The topological polar surface area (TPSA) is 138 Å². The fourth-order valence-corrected chi connectivity index (χ4v) is 2.92. The number of H-pyrrole nitrogens is 2. The van der Waals surface area contributed by atoms with Gasteiger partial charge >= 0.3 is 0 Å². The molecule has 8 nitrogen and oxygen atoms in total. The zero-order valence-corrected chi connectivity index (χ0v) is 13.6. The second kappa shape index (κ2) is 6.50. The van der Waals surface area contributed by atoms with E-state index in [1.807, 2.05) is 12.1 Å². The van der Waals surface area contributed by atoms with E-state index in [1.165, 1.54) is 0 Å². The fourth-order valence-electron chi connectivity index (χ4n) is 2.92. The number of imidazole rings is 2. The number of benzene rings is 2. The summed E-state index contributed by atoms with van der Waals surface area (Å²) < 4.78 is 0. The first kappa shape index (κ1) is 16.7. The quantitative estimate of drug-likeness (QED) is 0.315. The van der Waals surface area contributed by atoms with Crippen LogP contribution in [-0.4, -0.2) is 52.6 Å². The Bertz CT molecular complexity index is 894. The van der Waals surface area contributed by atoms with Crippen LogP contribution in [0.15, 0.2) is 48.5 Å². The van der Waals surface area contributed by atoms with Crippen molar-refractivity contribution in [2.24, 2.45) is 0 Å². The van der Waals surface area contributed by atoms with E-state index in [0.717, 1.165) is 0 Å². The number of aliphatic hydroxyl groups excluding tert-OH is 4. The Morgan fingerprint density at radius 1 is 0.615 bits per heavy atom. The van der Waals surface area contributed by atoms with Gasteiger partial charge in [0.15, 0.2) is 0 Å². The number of rotatable bonds is 5. The summed E-state index contributed by atoms with van der Waals surface area (Å²) in [5.41, 5.74) is 2.64. The minimum atomic E-state index is -1.67. The van der Waals surface area contributed by atoms with Crippen LogP contribution < -0.4 is 0 Å². The van der Waals surface area contributed by atoms with Crippen LogP contribution in [0.1, 0.15) is 23.9 Å². The van der Waals surface area contributed by atoms with Crippen LogP contribution in [0.3, 0.4) is 0 Å². The predicted octanol–water partition coefficient (Wildman–Crippen LogP) is 0.928. The number of aliphatic hydroxyl groups is 4. The van der Waals surface area contributed by atoms with Gasteiger partial charge in [-0.05, 0) is 24.3 Å². The Morgan fingerprint density at radius 2 is 1.00 bits per heavy atom.